The fraction of sp³-hybridized carbons (Fsp3) is 0.125. The van der Waals surface area contributed by atoms with E-state index in [1.807, 2.05) is 41.3 Å². The number of nitriles is 1. The van der Waals surface area contributed by atoms with Crippen LogP contribution in [0, 0.1) is 11.3 Å². The highest BCUT2D eigenvalue weighted by Crippen LogP contribution is 2.36. The molecule has 0 saturated carbocycles. The number of fused-ring (bicyclic) bond motifs is 1. The molecule has 0 radical (unpaired) electrons. The van der Waals surface area contributed by atoms with Crippen LogP contribution in [0.4, 0.5) is 17.1 Å². The summed E-state index contributed by atoms with van der Waals surface area (Å²) in [5.74, 6) is -0.0968. The molecule has 1 aliphatic heterocycles. The largest absolute Gasteiger partial charge is 0.329 e. The van der Waals surface area contributed by atoms with Crippen LogP contribution in [0.5, 0.6) is 0 Å². The Balaban J connectivity index is 2.13. The van der Waals surface area contributed by atoms with Crippen LogP contribution in [-0.2, 0) is 11.3 Å². The highest BCUT2D eigenvalue weighted by Gasteiger charge is 2.24. The van der Waals surface area contributed by atoms with Crippen molar-refractivity contribution in [2.24, 2.45) is 5.73 Å². The zero-order chi connectivity index (χ0) is 14.8. The minimum atomic E-state index is -0.0968. The van der Waals surface area contributed by atoms with Gasteiger partial charge in [0.1, 0.15) is 12.6 Å². The standard InChI is InChI=1S/C16H14N4O/c17-8-11-5-6-14(12(7-11)9-18)20-10-16(21)19-13-3-1-2-4-15(13)20/h1-7H,8,10,17H2,(H,19,21). The van der Waals surface area contributed by atoms with Crippen molar-refractivity contribution in [3.05, 3.63) is 53.6 Å². The number of anilines is 3. The van der Waals surface area contributed by atoms with Crippen LogP contribution in [0.1, 0.15) is 11.1 Å². The van der Waals surface area contributed by atoms with Crippen molar-refractivity contribution in [3.8, 4) is 6.07 Å². The van der Waals surface area contributed by atoms with Gasteiger partial charge < -0.3 is 16.0 Å². The molecule has 0 unspecified atom stereocenters. The average molecular weight is 278 g/mol. The van der Waals surface area contributed by atoms with E-state index in [9.17, 15) is 10.1 Å². The van der Waals surface area contributed by atoms with Gasteiger partial charge in [0.15, 0.2) is 0 Å². The maximum atomic E-state index is 11.9. The van der Waals surface area contributed by atoms with Crippen LogP contribution in [0.3, 0.4) is 0 Å². The molecule has 0 aliphatic carbocycles. The molecule has 3 rings (SSSR count). The summed E-state index contributed by atoms with van der Waals surface area (Å²) in [5.41, 5.74) is 9.38. The van der Waals surface area contributed by atoms with E-state index in [1.54, 1.807) is 6.07 Å². The first kappa shape index (κ1) is 13.2. The number of benzene rings is 2. The maximum Gasteiger partial charge on any atom is 0.244 e. The Labute approximate surface area is 122 Å². The number of nitrogens with two attached hydrogens (primary N) is 1. The summed E-state index contributed by atoms with van der Waals surface area (Å²) in [7, 11) is 0. The molecule has 21 heavy (non-hydrogen) atoms. The molecule has 1 heterocycles. The second-order valence-electron chi connectivity index (χ2n) is 4.82. The number of hydrogen-bond acceptors (Lipinski definition) is 4. The number of nitrogens with one attached hydrogen (secondary N) is 1. The summed E-state index contributed by atoms with van der Waals surface area (Å²) in [6.45, 7) is 0.569. The molecule has 0 aromatic heterocycles. The number of carbonyl (C=O) groups is 1. The third-order valence-corrected chi connectivity index (χ3v) is 3.48. The van der Waals surface area contributed by atoms with Crippen LogP contribution in [0.2, 0.25) is 0 Å². The Kier molecular flexibility index (Phi) is 3.30. The first-order valence-electron chi connectivity index (χ1n) is 6.62. The first-order chi connectivity index (χ1) is 10.2. The molecule has 104 valence electrons. The lowest BCUT2D eigenvalue weighted by Gasteiger charge is -2.31. The highest BCUT2D eigenvalue weighted by atomic mass is 16.2. The van der Waals surface area contributed by atoms with Gasteiger partial charge in [0, 0.05) is 6.54 Å². The molecule has 2 aromatic carbocycles. The fourth-order valence-corrected chi connectivity index (χ4v) is 2.48. The van der Waals surface area contributed by atoms with E-state index >= 15 is 0 Å². The molecule has 0 spiro atoms. The Hall–Kier alpha value is -2.84. The summed E-state index contributed by atoms with van der Waals surface area (Å²) in [5, 5.41) is 12.2. The van der Waals surface area contributed by atoms with Gasteiger partial charge in [0.05, 0.1) is 22.6 Å². The summed E-state index contributed by atoms with van der Waals surface area (Å²) >= 11 is 0. The van der Waals surface area contributed by atoms with Crippen LogP contribution < -0.4 is 16.0 Å². The van der Waals surface area contributed by atoms with Gasteiger partial charge in [-0.3, -0.25) is 4.79 Å². The topological polar surface area (TPSA) is 82.2 Å². The molecule has 0 bridgehead atoms. The Morgan fingerprint density at radius 2 is 2.05 bits per heavy atom. The van der Waals surface area contributed by atoms with Gasteiger partial charge in [0.2, 0.25) is 5.91 Å². The predicted molar refractivity (Wildman–Crippen MR) is 81.1 cm³/mol. The van der Waals surface area contributed by atoms with Crippen molar-refractivity contribution in [2.45, 2.75) is 6.54 Å². The van der Waals surface area contributed by atoms with Crippen LogP contribution in [0.15, 0.2) is 42.5 Å². The highest BCUT2D eigenvalue weighted by molar-refractivity contribution is 6.03. The molecule has 1 aliphatic rings. The predicted octanol–water partition coefficient (Wildman–Crippen LogP) is 2.11. The van der Waals surface area contributed by atoms with Gasteiger partial charge >= 0.3 is 0 Å². The van der Waals surface area contributed by atoms with Gasteiger partial charge in [-0.15, -0.1) is 0 Å². The fourth-order valence-electron chi connectivity index (χ4n) is 2.48. The van der Waals surface area contributed by atoms with Crippen LogP contribution in [0.25, 0.3) is 0 Å². The van der Waals surface area contributed by atoms with Gasteiger partial charge in [-0.25, -0.2) is 0 Å². The molecule has 2 aromatic rings. The van der Waals surface area contributed by atoms with E-state index in [4.69, 9.17) is 5.73 Å². The van der Waals surface area contributed by atoms with E-state index in [0.29, 0.717) is 12.1 Å². The summed E-state index contributed by atoms with van der Waals surface area (Å²) in [4.78, 5) is 13.7. The molecule has 0 saturated heterocycles. The number of rotatable bonds is 2. The van der Waals surface area contributed by atoms with Crippen LogP contribution >= 0.6 is 0 Å². The zero-order valence-electron chi connectivity index (χ0n) is 11.3. The minimum absolute atomic E-state index is 0.0968. The number of para-hydroxylation sites is 2. The summed E-state index contributed by atoms with van der Waals surface area (Å²) < 4.78 is 0. The summed E-state index contributed by atoms with van der Waals surface area (Å²) in [6, 6.07) is 15.2. The third kappa shape index (κ3) is 2.33. The molecule has 1 amide bonds. The van der Waals surface area contributed by atoms with Crippen LogP contribution in [-0.4, -0.2) is 12.5 Å². The quantitative estimate of drug-likeness (QED) is 0.881. The van der Waals surface area contributed by atoms with E-state index in [2.05, 4.69) is 11.4 Å². The van der Waals surface area contributed by atoms with Crippen molar-refractivity contribution in [2.75, 3.05) is 16.8 Å². The SMILES string of the molecule is N#Cc1cc(CN)ccc1N1CC(=O)Nc2ccccc21. The molecule has 5 nitrogen and oxygen atoms in total. The third-order valence-electron chi connectivity index (χ3n) is 3.48. The summed E-state index contributed by atoms with van der Waals surface area (Å²) in [6.07, 6.45) is 0. The molecular formula is C16H14N4O. The second kappa shape index (κ2) is 5.27. The van der Waals surface area contributed by atoms with E-state index in [-0.39, 0.29) is 12.5 Å². The maximum absolute atomic E-state index is 11.9. The van der Waals surface area contributed by atoms with Gasteiger partial charge in [-0.05, 0) is 29.8 Å². The zero-order valence-corrected chi connectivity index (χ0v) is 11.3. The number of amides is 1. The van der Waals surface area contributed by atoms with Crippen molar-refractivity contribution in [1.29, 1.82) is 5.26 Å². The van der Waals surface area contributed by atoms with Gasteiger partial charge in [-0.2, -0.15) is 5.26 Å². The van der Waals surface area contributed by atoms with Crippen molar-refractivity contribution >= 4 is 23.0 Å². The Bertz CT molecular complexity index is 748. The molecule has 3 N–H and O–H groups in total. The Morgan fingerprint density at radius 1 is 1.24 bits per heavy atom. The lowest BCUT2D eigenvalue weighted by atomic mass is 10.1. The van der Waals surface area contributed by atoms with Gasteiger partial charge in [-0.1, -0.05) is 18.2 Å². The smallest absolute Gasteiger partial charge is 0.244 e. The monoisotopic (exact) mass is 278 g/mol. The van der Waals surface area contributed by atoms with Crippen molar-refractivity contribution in [3.63, 3.8) is 0 Å². The van der Waals surface area contributed by atoms with Gasteiger partial charge in [0.25, 0.3) is 0 Å². The van der Waals surface area contributed by atoms with E-state index < -0.39 is 0 Å². The lowest BCUT2D eigenvalue weighted by molar-refractivity contribution is -0.115. The second-order valence-corrected chi connectivity index (χ2v) is 4.82. The normalized spacial score (nSPS) is 13.3. The number of carbonyl (C=O) groups excluding carboxylic acids is 1. The Morgan fingerprint density at radius 3 is 2.81 bits per heavy atom. The van der Waals surface area contributed by atoms with E-state index in [1.165, 1.54) is 0 Å². The number of nitrogens with zero attached hydrogens (tertiary/aromatic N) is 2. The van der Waals surface area contributed by atoms with E-state index in [0.717, 1.165) is 22.6 Å². The molecule has 5 heteroatoms. The molecular weight excluding hydrogens is 264 g/mol. The minimum Gasteiger partial charge on any atom is -0.329 e. The lowest BCUT2D eigenvalue weighted by Crippen LogP contribution is -2.35. The average Bonchev–Trinajstić information content (AvgIpc) is 2.53. The molecule has 0 atom stereocenters. The molecule has 0 fully saturated rings. The first-order valence-corrected chi connectivity index (χ1v) is 6.62. The van der Waals surface area contributed by atoms with Crippen molar-refractivity contribution < 1.29 is 4.79 Å². The van der Waals surface area contributed by atoms with Crippen molar-refractivity contribution in [1.82, 2.24) is 0 Å². The number of hydrogen-bond donors (Lipinski definition) is 2.